The van der Waals surface area contributed by atoms with Gasteiger partial charge in [-0.2, -0.15) is 11.8 Å². The van der Waals surface area contributed by atoms with Gasteiger partial charge in [-0.25, -0.2) is 0 Å². The first-order valence-electron chi connectivity index (χ1n) is 5.38. The summed E-state index contributed by atoms with van der Waals surface area (Å²) in [6.07, 6.45) is 1.30. The SMILES string of the molecule is CC(C)(C)CC(=O)NCC1(O)CCSC1. The first-order valence-corrected chi connectivity index (χ1v) is 6.53. The summed E-state index contributed by atoms with van der Waals surface area (Å²) in [5, 5.41) is 12.8. The third-order valence-electron chi connectivity index (χ3n) is 2.39. The molecule has 0 aliphatic carbocycles. The smallest absolute Gasteiger partial charge is 0.220 e. The van der Waals surface area contributed by atoms with E-state index in [2.05, 4.69) is 5.32 Å². The van der Waals surface area contributed by atoms with Crippen molar-refractivity contribution in [3.8, 4) is 0 Å². The Bertz CT molecular complexity index is 229. The number of carbonyl (C=O) groups is 1. The highest BCUT2D eigenvalue weighted by atomic mass is 32.2. The Morgan fingerprint density at radius 1 is 1.53 bits per heavy atom. The molecule has 88 valence electrons. The molecule has 3 nitrogen and oxygen atoms in total. The molecule has 0 aromatic heterocycles. The molecular formula is C11H21NO2S. The molecule has 1 aliphatic rings. The van der Waals surface area contributed by atoms with E-state index in [1.807, 2.05) is 20.8 Å². The largest absolute Gasteiger partial charge is 0.387 e. The lowest BCUT2D eigenvalue weighted by molar-refractivity contribution is -0.123. The van der Waals surface area contributed by atoms with E-state index >= 15 is 0 Å². The lowest BCUT2D eigenvalue weighted by Gasteiger charge is -2.23. The van der Waals surface area contributed by atoms with Gasteiger partial charge in [0.25, 0.3) is 0 Å². The fraction of sp³-hybridized carbons (Fsp3) is 0.909. The highest BCUT2D eigenvalue weighted by Gasteiger charge is 2.32. The molecule has 0 saturated carbocycles. The van der Waals surface area contributed by atoms with Crippen LogP contribution in [0.2, 0.25) is 0 Å². The van der Waals surface area contributed by atoms with Crippen LogP contribution in [0.25, 0.3) is 0 Å². The van der Waals surface area contributed by atoms with Gasteiger partial charge in [-0.1, -0.05) is 20.8 Å². The van der Waals surface area contributed by atoms with Gasteiger partial charge in [-0.05, 0) is 17.6 Å². The van der Waals surface area contributed by atoms with Crippen molar-refractivity contribution in [2.75, 3.05) is 18.1 Å². The van der Waals surface area contributed by atoms with E-state index in [4.69, 9.17) is 0 Å². The third-order valence-corrected chi connectivity index (χ3v) is 3.62. The fourth-order valence-corrected chi connectivity index (χ4v) is 2.84. The molecule has 4 heteroatoms. The van der Waals surface area contributed by atoms with Crippen LogP contribution >= 0.6 is 11.8 Å². The van der Waals surface area contributed by atoms with Crippen LogP contribution in [-0.4, -0.2) is 34.7 Å². The molecule has 1 amide bonds. The summed E-state index contributed by atoms with van der Waals surface area (Å²) in [7, 11) is 0. The van der Waals surface area contributed by atoms with Crippen molar-refractivity contribution in [3.63, 3.8) is 0 Å². The Kier molecular flexibility index (Phi) is 4.06. The zero-order chi connectivity index (χ0) is 11.5. The minimum Gasteiger partial charge on any atom is -0.387 e. The molecule has 0 aromatic carbocycles. The summed E-state index contributed by atoms with van der Waals surface area (Å²) >= 11 is 1.74. The van der Waals surface area contributed by atoms with Gasteiger partial charge in [0.15, 0.2) is 0 Å². The summed E-state index contributed by atoms with van der Waals surface area (Å²) < 4.78 is 0. The second kappa shape index (κ2) is 4.74. The third kappa shape index (κ3) is 4.89. The van der Waals surface area contributed by atoms with Gasteiger partial charge < -0.3 is 10.4 Å². The maximum atomic E-state index is 11.5. The molecule has 2 N–H and O–H groups in total. The maximum absolute atomic E-state index is 11.5. The molecule has 15 heavy (non-hydrogen) atoms. The van der Waals surface area contributed by atoms with E-state index in [0.29, 0.717) is 13.0 Å². The molecule has 0 aromatic rings. The lowest BCUT2D eigenvalue weighted by atomic mass is 9.92. The quantitative estimate of drug-likeness (QED) is 0.772. The van der Waals surface area contributed by atoms with Crippen LogP contribution in [0, 0.1) is 5.41 Å². The monoisotopic (exact) mass is 231 g/mol. The van der Waals surface area contributed by atoms with Crippen LogP contribution in [0.3, 0.4) is 0 Å². The fourth-order valence-electron chi connectivity index (χ4n) is 1.54. The summed E-state index contributed by atoms with van der Waals surface area (Å²) in [6.45, 7) is 6.50. The second-order valence-electron chi connectivity index (χ2n) is 5.54. The molecule has 1 saturated heterocycles. The van der Waals surface area contributed by atoms with Gasteiger partial charge >= 0.3 is 0 Å². The normalized spacial score (nSPS) is 26.7. The molecule has 1 fully saturated rings. The van der Waals surface area contributed by atoms with Gasteiger partial charge in [0.05, 0.1) is 5.60 Å². The highest BCUT2D eigenvalue weighted by Crippen LogP contribution is 2.27. The number of carbonyl (C=O) groups excluding carboxylic acids is 1. The van der Waals surface area contributed by atoms with Crippen molar-refractivity contribution < 1.29 is 9.90 Å². The maximum Gasteiger partial charge on any atom is 0.220 e. The number of thioether (sulfide) groups is 1. The van der Waals surface area contributed by atoms with Crippen LogP contribution < -0.4 is 5.32 Å². The summed E-state index contributed by atoms with van der Waals surface area (Å²) in [5.41, 5.74) is -0.657. The Morgan fingerprint density at radius 3 is 2.67 bits per heavy atom. The number of rotatable bonds is 3. The van der Waals surface area contributed by atoms with Crippen LogP contribution in [0.5, 0.6) is 0 Å². The van der Waals surface area contributed by atoms with Crippen molar-refractivity contribution in [2.45, 2.75) is 39.2 Å². The zero-order valence-corrected chi connectivity index (χ0v) is 10.6. The summed E-state index contributed by atoms with van der Waals surface area (Å²) in [5.74, 6) is 1.77. The number of hydrogen-bond donors (Lipinski definition) is 2. The average Bonchev–Trinajstić information content (AvgIpc) is 2.47. The van der Waals surface area contributed by atoms with E-state index in [1.54, 1.807) is 11.8 Å². The van der Waals surface area contributed by atoms with Gasteiger partial charge in [0.1, 0.15) is 0 Å². The van der Waals surface area contributed by atoms with E-state index < -0.39 is 5.60 Å². The summed E-state index contributed by atoms with van der Waals surface area (Å²) in [6, 6.07) is 0. The predicted octanol–water partition coefficient (Wildman–Crippen LogP) is 1.41. The number of aliphatic hydroxyl groups is 1. The van der Waals surface area contributed by atoms with Gasteiger partial charge in [0.2, 0.25) is 5.91 Å². The van der Waals surface area contributed by atoms with E-state index in [0.717, 1.165) is 17.9 Å². The lowest BCUT2D eigenvalue weighted by Crippen LogP contribution is -2.43. The molecule has 1 heterocycles. The van der Waals surface area contributed by atoms with Crippen LogP contribution in [0.15, 0.2) is 0 Å². The first-order chi connectivity index (χ1) is 6.81. The molecule has 0 spiro atoms. The van der Waals surface area contributed by atoms with Crippen molar-refractivity contribution in [3.05, 3.63) is 0 Å². The minimum absolute atomic E-state index is 0.0110. The molecule has 0 bridgehead atoms. The number of hydrogen-bond acceptors (Lipinski definition) is 3. The molecule has 1 aliphatic heterocycles. The Morgan fingerprint density at radius 2 is 2.20 bits per heavy atom. The number of nitrogens with one attached hydrogen (secondary N) is 1. The first kappa shape index (κ1) is 12.8. The molecule has 1 atom stereocenters. The minimum atomic E-state index is -0.668. The summed E-state index contributed by atoms with van der Waals surface area (Å²) in [4.78, 5) is 11.5. The zero-order valence-electron chi connectivity index (χ0n) is 9.80. The van der Waals surface area contributed by atoms with E-state index in [-0.39, 0.29) is 11.3 Å². The number of amides is 1. The molecule has 0 radical (unpaired) electrons. The highest BCUT2D eigenvalue weighted by molar-refractivity contribution is 7.99. The van der Waals surface area contributed by atoms with Crippen molar-refractivity contribution in [1.29, 1.82) is 0 Å². The Balaban J connectivity index is 2.28. The standard InChI is InChI=1S/C11H21NO2S/c1-10(2,3)6-9(13)12-7-11(14)4-5-15-8-11/h14H,4-8H2,1-3H3,(H,12,13). The topological polar surface area (TPSA) is 49.3 Å². The van der Waals surface area contributed by atoms with Gasteiger partial charge in [0, 0.05) is 18.7 Å². The van der Waals surface area contributed by atoms with E-state index in [1.165, 1.54) is 0 Å². The van der Waals surface area contributed by atoms with Gasteiger partial charge in [-0.3, -0.25) is 4.79 Å². The van der Waals surface area contributed by atoms with Crippen LogP contribution in [-0.2, 0) is 4.79 Å². The van der Waals surface area contributed by atoms with E-state index in [9.17, 15) is 9.90 Å². The van der Waals surface area contributed by atoms with Crippen molar-refractivity contribution >= 4 is 17.7 Å². The van der Waals surface area contributed by atoms with Crippen molar-refractivity contribution in [2.24, 2.45) is 5.41 Å². The van der Waals surface area contributed by atoms with Crippen LogP contribution in [0.4, 0.5) is 0 Å². The molecular weight excluding hydrogens is 210 g/mol. The Hall–Kier alpha value is -0.220. The Labute approximate surface area is 96.0 Å². The second-order valence-corrected chi connectivity index (χ2v) is 6.65. The molecule has 1 unspecified atom stereocenters. The van der Waals surface area contributed by atoms with Crippen molar-refractivity contribution in [1.82, 2.24) is 5.32 Å². The predicted molar refractivity (Wildman–Crippen MR) is 64.0 cm³/mol. The van der Waals surface area contributed by atoms with Crippen LogP contribution in [0.1, 0.15) is 33.6 Å². The average molecular weight is 231 g/mol. The van der Waals surface area contributed by atoms with Gasteiger partial charge in [-0.15, -0.1) is 0 Å². The molecule has 1 rings (SSSR count).